The summed E-state index contributed by atoms with van der Waals surface area (Å²) in [6, 6.07) is -0.429. The zero-order valence-corrected chi connectivity index (χ0v) is 12.7. The maximum Gasteiger partial charge on any atom is 0.249 e. The van der Waals surface area contributed by atoms with Gasteiger partial charge in [0.25, 0.3) is 0 Å². The van der Waals surface area contributed by atoms with E-state index < -0.39 is 11.6 Å². The Hall–Kier alpha value is -1.10. The summed E-state index contributed by atoms with van der Waals surface area (Å²) >= 11 is 0. The Labute approximate surface area is 115 Å². The summed E-state index contributed by atoms with van der Waals surface area (Å²) in [4.78, 5) is 26.4. The molecule has 1 aliphatic heterocycles. The minimum absolute atomic E-state index is 0.0103. The van der Waals surface area contributed by atoms with E-state index in [0.29, 0.717) is 26.0 Å². The standard InChI is InChI=1S/C14H26N2O3/c1-6-14(7-2)13(18)16(9-10(4)19-8-3)11(5)12(17)15-14/h10-11H,6-9H2,1-5H3,(H,15,17). The number of ether oxygens (including phenoxy) is 1. The fourth-order valence-electron chi connectivity index (χ4n) is 2.57. The Balaban J connectivity index is 2.93. The first kappa shape index (κ1) is 16.0. The van der Waals surface area contributed by atoms with Gasteiger partial charge in [-0.15, -0.1) is 0 Å². The van der Waals surface area contributed by atoms with Crippen molar-refractivity contribution in [1.82, 2.24) is 10.2 Å². The highest BCUT2D eigenvalue weighted by Gasteiger charge is 2.47. The average molecular weight is 270 g/mol. The van der Waals surface area contributed by atoms with Gasteiger partial charge in [0.1, 0.15) is 11.6 Å². The van der Waals surface area contributed by atoms with E-state index in [0.717, 1.165) is 0 Å². The van der Waals surface area contributed by atoms with Crippen LogP contribution in [0.15, 0.2) is 0 Å². The number of piperazine rings is 1. The van der Waals surface area contributed by atoms with Crippen LogP contribution >= 0.6 is 0 Å². The van der Waals surface area contributed by atoms with Gasteiger partial charge in [-0.1, -0.05) is 13.8 Å². The van der Waals surface area contributed by atoms with Crippen LogP contribution in [0.2, 0.25) is 0 Å². The molecule has 1 N–H and O–H groups in total. The summed E-state index contributed by atoms with van der Waals surface area (Å²) in [5.74, 6) is -0.0665. The normalized spacial score (nSPS) is 24.3. The number of hydrogen-bond donors (Lipinski definition) is 1. The average Bonchev–Trinajstić information content (AvgIpc) is 2.39. The molecule has 1 fully saturated rings. The lowest BCUT2D eigenvalue weighted by Crippen LogP contribution is -2.70. The molecule has 110 valence electrons. The van der Waals surface area contributed by atoms with Gasteiger partial charge < -0.3 is 15.0 Å². The zero-order valence-electron chi connectivity index (χ0n) is 12.7. The molecule has 2 atom stereocenters. The maximum atomic E-state index is 12.7. The number of carbonyl (C=O) groups is 2. The molecular formula is C14H26N2O3. The summed E-state index contributed by atoms with van der Waals surface area (Å²) in [7, 11) is 0. The van der Waals surface area contributed by atoms with Gasteiger partial charge in [0, 0.05) is 13.2 Å². The van der Waals surface area contributed by atoms with E-state index in [9.17, 15) is 9.59 Å². The molecular weight excluding hydrogens is 244 g/mol. The smallest absolute Gasteiger partial charge is 0.249 e. The van der Waals surface area contributed by atoms with E-state index in [1.165, 1.54) is 0 Å². The van der Waals surface area contributed by atoms with Crippen LogP contribution in [-0.4, -0.2) is 47.6 Å². The van der Waals surface area contributed by atoms with Gasteiger partial charge in [0.2, 0.25) is 11.8 Å². The molecule has 0 spiro atoms. The molecule has 0 radical (unpaired) electrons. The van der Waals surface area contributed by atoms with Crippen LogP contribution in [0.1, 0.15) is 47.5 Å². The molecule has 0 bridgehead atoms. The third-order valence-electron chi connectivity index (χ3n) is 3.99. The summed E-state index contributed by atoms with van der Waals surface area (Å²) in [5, 5.41) is 2.89. The Kier molecular flexibility index (Phi) is 5.35. The molecule has 1 rings (SSSR count). The molecule has 0 saturated carbocycles. The van der Waals surface area contributed by atoms with Gasteiger partial charge in [-0.2, -0.15) is 0 Å². The molecule has 1 heterocycles. The fraction of sp³-hybridized carbons (Fsp3) is 0.857. The lowest BCUT2D eigenvalue weighted by atomic mass is 9.87. The summed E-state index contributed by atoms with van der Waals surface area (Å²) < 4.78 is 5.49. The van der Waals surface area contributed by atoms with Crippen molar-refractivity contribution in [2.24, 2.45) is 0 Å². The molecule has 2 amide bonds. The summed E-state index contributed by atoms with van der Waals surface area (Å²) in [5.41, 5.74) is -0.741. The van der Waals surface area contributed by atoms with Crippen molar-refractivity contribution >= 4 is 11.8 Å². The first-order valence-electron chi connectivity index (χ1n) is 7.16. The highest BCUT2D eigenvalue weighted by atomic mass is 16.5. The lowest BCUT2D eigenvalue weighted by Gasteiger charge is -2.45. The van der Waals surface area contributed by atoms with Crippen molar-refractivity contribution in [2.75, 3.05) is 13.2 Å². The van der Waals surface area contributed by atoms with Gasteiger partial charge in [-0.3, -0.25) is 9.59 Å². The molecule has 0 aliphatic carbocycles. The van der Waals surface area contributed by atoms with Crippen molar-refractivity contribution in [3.63, 3.8) is 0 Å². The minimum Gasteiger partial charge on any atom is -0.377 e. The third-order valence-corrected chi connectivity index (χ3v) is 3.99. The molecule has 19 heavy (non-hydrogen) atoms. The van der Waals surface area contributed by atoms with E-state index in [1.54, 1.807) is 11.8 Å². The molecule has 2 unspecified atom stereocenters. The third kappa shape index (κ3) is 3.08. The van der Waals surface area contributed by atoms with Gasteiger partial charge in [0.05, 0.1) is 6.10 Å². The second-order valence-electron chi connectivity index (χ2n) is 5.18. The van der Waals surface area contributed by atoms with Crippen LogP contribution in [0, 0.1) is 0 Å². The maximum absolute atomic E-state index is 12.7. The van der Waals surface area contributed by atoms with Crippen molar-refractivity contribution in [2.45, 2.75) is 65.1 Å². The predicted molar refractivity (Wildman–Crippen MR) is 73.7 cm³/mol. The van der Waals surface area contributed by atoms with E-state index in [2.05, 4.69) is 5.32 Å². The second-order valence-corrected chi connectivity index (χ2v) is 5.18. The molecule has 5 heteroatoms. The Bertz CT molecular complexity index is 340. The van der Waals surface area contributed by atoms with Gasteiger partial charge >= 0.3 is 0 Å². The van der Waals surface area contributed by atoms with E-state index in [-0.39, 0.29) is 17.9 Å². The Morgan fingerprint density at radius 3 is 2.37 bits per heavy atom. The number of rotatable bonds is 6. The van der Waals surface area contributed by atoms with Crippen LogP contribution < -0.4 is 5.32 Å². The second kappa shape index (κ2) is 6.37. The topological polar surface area (TPSA) is 58.6 Å². The van der Waals surface area contributed by atoms with Gasteiger partial charge in [-0.05, 0) is 33.6 Å². The predicted octanol–water partition coefficient (Wildman–Crippen LogP) is 1.32. The van der Waals surface area contributed by atoms with Crippen LogP contribution in [0.5, 0.6) is 0 Å². The molecule has 0 aromatic rings. The summed E-state index contributed by atoms with van der Waals surface area (Å²) in [6.07, 6.45) is 1.16. The molecule has 1 aliphatic rings. The number of amides is 2. The van der Waals surface area contributed by atoms with Gasteiger partial charge in [-0.25, -0.2) is 0 Å². The van der Waals surface area contributed by atoms with Crippen LogP contribution in [0.4, 0.5) is 0 Å². The highest BCUT2D eigenvalue weighted by molar-refractivity contribution is 5.99. The first-order valence-corrected chi connectivity index (χ1v) is 7.16. The number of carbonyl (C=O) groups excluding carboxylic acids is 2. The number of hydrogen-bond acceptors (Lipinski definition) is 3. The number of nitrogens with zero attached hydrogens (tertiary/aromatic N) is 1. The summed E-state index contributed by atoms with van der Waals surface area (Å²) in [6.45, 7) is 10.5. The van der Waals surface area contributed by atoms with E-state index in [1.807, 2.05) is 27.7 Å². The van der Waals surface area contributed by atoms with Crippen LogP contribution in [-0.2, 0) is 14.3 Å². The lowest BCUT2D eigenvalue weighted by molar-refractivity contribution is -0.156. The number of nitrogens with one attached hydrogen (secondary N) is 1. The molecule has 5 nitrogen and oxygen atoms in total. The molecule has 0 aromatic heterocycles. The van der Waals surface area contributed by atoms with Crippen LogP contribution in [0.3, 0.4) is 0 Å². The Morgan fingerprint density at radius 1 is 1.32 bits per heavy atom. The van der Waals surface area contributed by atoms with Crippen LogP contribution in [0.25, 0.3) is 0 Å². The minimum atomic E-state index is -0.741. The molecule has 1 saturated heterocycles. The van der Waals surface area contributed by atoms with E-state index >= 15 is 0 Å². The largest absolute Gasteiger partial charge is 0.377 e. The fourth-order valence-corrected chi connectivity index (χ4v) is 2.57. The van der Waals surface area contributed by atoms with Crippen molar-refractivity contribution in [3.8, 4) is 0 Å². The SMILES string of the molecule is CCOC(C)CN1C(=O)C(CC)(CC)NC(=O)C1C. The van der Waals surface area contributed by atoms with Crippen molar-refractivity contribution < 1.29 is 14.3 Å². The monoisotopic (exact) mass is 270 g/mol. The highest BCUT2D eigenvalue weighted by Crippen LogP contribution is 2.25. The zero-order chi connectivity index (χ0) is 14.6. The van der Waals surface area contributed by atoms with Gasteiger partial charge in [0.15, 0.2) is 0 Å². The van der Waals surface area contributed by atoms with Crippen molar-refractivity contribution in [3.05, 3.63) is 0 Å². The molecule has 0 aromatic carbocycles. The van der Waals surface area contributed by atoms with E-state index in [4.69, 9.17) is 4.74 Å². The van der Waals surface area contributed by atoms with Crippen molar-refractivity contribution in [1.29, 1.82) is 0 Å². The first-order chi connectivity index (χ1) is 8.91. The quantitative estimate of drug-likeness (QED) is 0.792. The Morgan fingerprint density at radius 2 is 1.89 bits per heavy atom.